The van der Waals surface area contributed by atoms with E-state index < -0.39 is 58.6 Å². The van der Waals surface area contributed by atoms with Crippen molar-refractivity contribution in [2.45, 2.75) is 130 Å². The zero-order valence-electron chi connectivity index (χ0n) is 26.3. The maximum atomic E-state index is 12.6. The van der Waals surface area contributed by atoms with Crippen LogP contribution in [0.4, 0.5) is 0 Å². The van der Waals surface area contributed by atoms with E-state index in [1.54, 1.807) is 6.92 Å². The molecule has 0 bridgehead atoms. The van der Waals surface area contributed by atoms with Crippen LogP contribution in [0.25, 0.3) is 0 Å². The zero-order chi connectivity index (χ0) is 31.2. The fraction of sp³-hybridized carbons (Fsp3) is 0.867. The van der Waals surface area contributed by atoms with Crippen LogP contribution < -0.4 is 34.7 Å². The van der Waals surface area contributed by atoms with Crippen molar-refractivity contribution < 1.29 is 81.1 Å². The number of aliphatic hydroxyl groups excluding tert-OH is 2. The van der Waals surface area contributed by atoms with Crippen LogP contribution in [0.5, 0.6) is 0 Å². The molecule has 11 atom stereocenters. The minimum atomic E-state index is -5.15. The molecule has 0 spiro atoms. The first-order chi connectivity index (χ1) is 19.3. The summed E-state index contributed by atoms with van der Waals surface area (Å²) in [5, 5.41) is 32.8. The van der Waals surface area contributed by atoms with E-state index in [9.17, 15) is 33.3 Å². The summed E-state index contributed by atoms with van der Waals surface area (Å²) in [5.74, 6) is -1.28. The Hall–Kier alpha value is -0.410. The number of allylic oxidation sites excluding steroid dienone is 2. The predicted octanol–water partition coefficient (Wildman–Crippen LogP) is -0.901. The Kier molecular flexibility index (Phi) is 9.63. The van der Waals surface area contributed by atoms with Crippen LogP contribution in [0.15, 0.2) is 11.1 Å². The third-order valence-corrected chi connectivity index (χ3v) is 12.9. The molecule has 2 saturated carbocycles. The van der Waals surface area contributed by atoms with Crippen LogP contribution in [0.2, 0.25) is 0 Å². The number of carboxylic acid groups (broad SMARTS) is 1. The molecule has 0 amide bonds. The minimum Gasteiger partial charge on any atom is -0.547 e. The fourth-order valence-electron chi connectivity index (χ4n) is 10.1. The zero-order valence-corrected chi connectivity index (χ0v) is 29.1. The second-order valence-corrected chi connectivity index (χ2v) is 15.7. The summed E-state index contributed by atoms with van der Waals surface area (Å²) in [4.78, 5) is 24.3. The number of fused-ring (bicyclic) bond motifs is 4. The van der Waals surface area contributed by atoms with Crippen molar-refractivity contribution in [3.05, 3.63) is 11.1 Å². The number of aliphatic carboxylic acids is 1. The van der Waals surface area contributed by atoms with Gasteiger partial charge in [0.2, 0.25) is 0 Å². The summed E-state index contributed by atoms with van der Waals surface area (Å²) in [5.41, 5.74) is 2.39. The van der Waals surface area contributed by atoms with Crippen LogP contribution >= 0.6 is 0 Å². The van der Waals surface area contributed by atoms with E-state index in [1.165, 1.54) is 11.1 Å². The van der Waals surface area contributed by atoms with Gasteiger partial charge in [-0.1, -0.05) is 45.8 Å². The molecule has 5 aliphatic rings. The van der Waals surface area contributed by atoms with Gasteiger partial charge in [0.15, 0.2) is 6.29 Å². The molecule has 0 aromatic carbocycles. The number of carboxylic acids is 1. The van der Waals surface area contributed by atoms with E-state index in [4.69, 9.17) is 14.0 Å². The van der Waals surface area contributed by atoms with Gasteiger partial charge in [-0.2, -0.15) is 8.42 Å². The number of rotatable bonds is 6. The van der Waals surface area contributed by atoms with Crippen LogP contribution in [-0.4, -0.2) is 71.7 Å². The summed E-state index contributed by atoms with van der Waals surface area (Å²) in [6.45, 7) is 12.9. The molecule has 3 fully saturated rings. The Labute approximate surface area is 276 Å². The quantitative estimate of drug-likeness (QED) is 0.187. The molecule has 1 aliphatic heterocycles. The van der Waals surface area contributed by atoms with E-state index in [1.807, 2.05) is 0 Å². The summed E-state index contributed by atoms with van der Waals surface area (Å²) in [7, 11) is -5.15. The maximum Gasteiger partial charge on any atom is 1.00 e. The van der Waals surface area contributed by atoms with E-state index in [0.717, 1.165) is 44.9 Å². The summed E-state index contributed by atoms with van der Waals surface area (Å²) in [6, 6.07) is 0. The van der Waals surface area contributed by atoms with Crippen LogP contribution in [0, 0.1) is 33.5 Å². The van der Waals surface area contributed by atoms with E-state index in [-0.39, 0.29) is 63.4 Å². The van der Waals surface area contributed by atoms with Crippen LogP contribution in [0.3, 0.4) is 0 Å². The van der Waals surface area contributed by atoms with E-state index in [2.05, 4.69) is 38.8 Å². The smallest absolute Gasteiger partial charge is 0.547 e. The molecule has 1 unspecified atom stereocenters. The van der Waals surface area contributed by atoms with Crippen molar-refractivity contribution in [3.63, 3.8) is 0 Å². The molecule has 0 aromatic rings. The molecule has 1 heterocycles. The molecule has 43 heavy (non-hydrogen) atoms. The largest absolute Gasteiger partial charge is 1.00 e. The number of carbonyl (C=O) groups is 2. The number of carbonyl (C=O) groups excluding carboxylic acids is 2. The molecule has 3 N–H and O–H groups in total. The van der Waals surface area contributed by atoms with Gasteiger partial charge in [0.25, 0.3) is 0 Å². The molecule has 4 aliphatic carbocycles. The van der Waals surface area contributed by atoms with Gasteiger partial charge in [-0.15, -0.1) is 0 Å². The van der Waals surface area contributed by atoms with Crippen molar-refractivity contribution in [3.8, 4) is 0 Å². The molecule has 238 valence electrons. The average molecular weight is 637 g/mol. The van der Waals surface area contributed by atoms with Crippen LogP contribution in [-0.2, 0) is 33.6 Å². The van der Waals surface area contributed by atoms with Gasteiger partial charge in [-0.3, -0.25) is 9.35 Å². The van der Waals surface area contributed by atoms with E-state index >= 15 is 0 Å². The minimum absolute atomic E-state index is 0. The predicted molar refractivity (Wildman–Crippen MR) is 147 cm³/mol. The second-order valence-electron chi connectivity index (χ2n) is 14.6. The van der Waals surface area contributed by atoms with Crippen molar-refractivity contribution in [1.82, 2.24) is 0 Å². The van der Waals surface area contributed by atoms with Gasteiger partial charge in [0.05, 0.1) is 12.1 Å². The SMILES string of the molecule is CC(=O)[C@H]1CC[C@@]2(C)C3=C(CC[C@]12C)[C@@]1(C)CC[C@H](O[C@@H]2O[C@H](C(=O)[O-])[C@@H](O)[C@H](OS(=O)(=O)O)[C@H]2O)C(C)(C)C1CC3.[Na+]. The Balaban J connectivity index is 0.00000423. The molecule has 11 nitrogen and oxygen atoms in total. The number of Topliss-reactive ketones (excluding diaryl/α,β-unsaturated/α-hetero) is 1. The Morgan fingerprint density at radius 3 is 2.19 bits per heavy atom. The third-order valence-electron chi connectivity index (χ3n) is 12.5. The molecule has 1 saturated heterocycles. The van der Waals surface area contributed by atoms with Gasteiger partial charge in [-0.05, 0) is 85.9 Å². The fourth-order valence-corrected chi connectivity index (χ4v) is 10.6. The molecule has 13 heteroatoms. The number of ether oxygens (including phenoxy) is 2. The number of aliphatic hydroxyl groups is 2. The molecular weight excluding hydrogens is 591 g/mol. The number of ketones is 1. The van der Waals surface area contributed by atoms with Gasteiger partial charge in [-0.25, -0.2) is 4.18 Å². The van der Waals surface area contributed by atoms with Gasteiger partial charge >= 0.3 is 40.0 Å². The maximum absolute atomic E-state index is 12.6. The first-order valence-corrected chi connectivity index (χ1v) is 16.4. The molecule has 5 rings (SSSR count). The Morgan fingerprint density at radius 2 is 1.60 bits per heavy atom. The molecule has 0 aromatic heterocycles. The van der Waals surface area contributed by atoms with Gasteiger partial charge in [0.1, 0.15) is 30.2 Å². The van der Waals surface area contributed by atoms with Crippen molar-refractivity contribution >= 4 is 22.2 Å². The topological polar surface area (TPSA) is 180 Å². The van der Waals surface area contributed by atoms with Crippen LogP contribution in [0.1, 0.15) is 92.9 Å². The molecular formula is C30H45NaO11S. The summed E-state index contributed by atoms with van der Waals surface area (Å²) >= 11 is 0. The standard InChI is InChI=1S/C30H46O11S.Na/c1-15(31)16-9-13-30(6)18-7-8-19-27(2,3)20(11-12-28(19,4)17(18)10-14-29(16,30)5)39-26-22(33)23(41-42(36,37)38)21(32)24(40-26)25(34)35;/h16,19-24,26,32-33H,7-14H2,1-6H3,(H,34,35)(H,36,37,38);/q;+1/p-1/t16-,19?,20+,21+,22-,23+,24+,26-,28-,29-,30+;/m1./s1. The second kappa shape index (κ2) is 11.7. The van der Waals surface area contributed by atoms with Gasteiger partial charge < -0.3 is 29.6 Å². The Morgan fingerprint density at radius 1 is 0.953 bits per heavy atom. The molecule has 0 radical (unpaired) electrons. The summed E-state index contributed by atoms with van der Waals surface area (Å²) in [6.07, 6.45) is -3.24. The van der Waals surface area contributed by atoms with Crippen molar-refractivity contribution in [2.24, 2.45) is 33.5 Å². The Bertz CT molecular complexity index is 1280. The van der Waals surface area contributed by atoms with Crippen molar-refractivity contribution in [1.29, 1.82) is 0 Å². The number of hydrogen-bond donors (Lipinski definition) is 3. The average Bonchev–Trinajstić information content (AvgIpc) is 3.15. The first-order valence-electron chi connectivity index (χ1n) is 15.0. The monoisotopic (exact) mass is 636 g/mol. The van der Waals surface area contributed by atoms with Crippen molar-refractivity contribution in [2.75, 3.05) is 0 Å². The normalized spacial score (nSPS) is 45.8. The first kappa shape index (κ1) is 35.4. The summed E-state index contributed by atoms with van der Waals surface area (Å²) < 4.78 is 48.0. The van der Waals surface area contributed by atoms with E-state index in [0.29, 0.717) is 6.42 Å². The number of hydrogen-bond acceptors (Lipinski definition) is 10. The third kappa shape index (κ3) is 5.53. The van der Waals surface area contributed by atoms with Gasteiger partial charge in [0, 0.05) is 5.92 Å².